The zero-order valence-corrected chi connectivity index (χ0v) is 12.0. The minimum absolute atomic E-state index is 0.700. The molecule has 1 aliphatic carbocycles. The van der Waals surface area contributed by atoms with Crippen LogP contribution in [-0.2, 0) is 19.4 Å². The first-order chi connectivity index (χ1) is 10.3. The zero-order valence-electron chi connectivity index (χ0n) is 12.0. The van der Waals surface area contributed by atoms with Gasteiger partial charge in [0, 0.05) is 19.2 Å². The van der Waals surface area contributed by atoms with Crippen LogP contribution in [0.25, 0.3) is 5.78 Å². The van der Waals surface area contributed by atoms with E-state index in [0.717, 1.165) is 19.4 Å². The quantitative estimate of drug-likeness (QED) is 0.737. The molecule has 5 nitrogen and oxygen atoms in total. The molecule has 0 radical (unpaired) electrons. The van der Waals surface area contributed by atoms with E-state index in [4.69, 9.17) is 0 Å². The molecular formula is C16H17N5. The predicted molar refractivity (Wildman–Crippen MR) is 81.4 cm³/mol. The molecule has 0 aliphatic heterocycles. The van der Waals surface area contributed by atoms with Crippen LogP contribution < -0.4 is 4.90 Å². The Labute approximate surface area is 123 Å². The number of fused-ring (bicyclic) bond motifs is 2. The Morgan fingerprint density at radius 3 is 2.90 bits per heavy atom. The van der Waals surface area contributed by atoms with Crippen LogP contribution >= 0.6 is 0 Å². The van der Waals surface area contributed by atoms with Gasteiger partial charge in [-0.25, -0.2) is 4.98 Å². The second-order valence-corrected chi connectivity index (χ2v) is 5.56. The number of hydrogen-bond donors (Lipinski definition) is 0. The van der Waals surface area contributed by atoms with Gasteiger partial charge in [-0.1, -0.05) is 30.3 Å². The first-order valence-corrected chi connectivity index (χ1v) is 7.29. The first-order valence-electron chi connectivity index (χ1n) is 7.29. The van der Waals surface area contributed by atoms with Gasteiger partial charge in [0.15, 0.2) is 0 Å². The maximum absolute atomic E-state index is 4.63. The normalized spacial score (nSPS) is 13.6. The minimum atomic E-state index is 0.700. The predicted octanol–water partition coefficient (Wildman–Crippen LogP) is 2.25. The van der Waals surface area contributed by atoms with Gasteiger partial charge < -0.3 is 4.90 Å². The van der Waals surface area contributed by atoms with Crippen LogP contribution in [0, 0.1) is 0 Å². The summed E-state index contributed by atoms with van der Waals surface area (Å²) in [4.78, 5) is 6.90. The third-order valence-electron chi connectivity index (χ3n) is 4.08. The molecule has 3 aromatic rings. The van der Waals surface area contributed by atoms with E-state index in [9.17, 15) is 0 Å². The summed E-state index contributed by atoms with van der Waals surface area (Å²) in [6, 6.07) is 10.5. The Balaban J connectivity index is 1.80. The summed E-state index contributed by atoms with van der Waals surface area (Å²) < 4.78 is 2.01. The average Bonchev–Trinajstić information content (AvgIpc) is 3.13. The fourth-order valence-electron chi connectivity index (χ4n) is 3.16. The molecule has 2 heterocycles. The Morgan fingerprint density at radius 1 is 1.19 bits per heavy atom. The van der Waals surface area contributed by atoms with Crippen LogP contribution in [0.1, 0.15) is 23.2 Å². The lowest BCUT2D eigenvalue weighted by Gasteiger charge is -2.23. The highest BCUT2D eigenvalue weighted by molar-refractivity contribution is 5.56. The van der Waals surface area contributed by atoms with E-state index in [1.54, 1.807) is 6.33 Å². The lowest BCUT2D eigenvalue weighted by Crippen LogP contribution is -2.21. The van der Waals surface area contributed by atoms with E-state index < -0.39 is 0 Å². The van der Waals surface area contributed by atoms with Gasteiger partial charge in [0.2, 0.25) is 0 Å². The van der Waals surface area contributed by atoms with E-state index in [1.165, 1.54) is 29.1 Å². The van der Waals surface area contributed by atoms with Crippen LogP contribution in [0.4, 0.5) is 5.82 Å². The molecule has 0 amide bonds. The molecule has 0 saturated heterocycles. The van der Waals surface area contributed by atoms with Gasteiger partial charge in [-0.15, -0.1) is 10.2 Å². The van der Waals surface area contributed by atoms with E-state index >= 15 is 0 Å². The van der Waals surface area contributed by atoms with E-state index in [1.807, 2.05) is 10.5 Å². The highest BCUT2D eigenvalue weighted by Crippen LogP contribution is 2.30. The summed E-state index contributed by atoms with van der Waals surface area (Å²) in [5, 5.41) is 8.14. The SMILES string of the molecule is CN(Cc1ccccc1)c1c2c(nc3nncn13)CCC2. The largest absolute Gasteiger partial charge is 0.356 e. The molecule has 5 heteroatoms. The summed E-state index contributed by atoms with van der Waals surface area (Å²) in [5.41, 5.74) is 3.83. The van der Waals surface area contributed by atoms with Crippen LogP contribution in [0.15, 0.2) is 36.7 Å². The van der Waals surface area contributed by atoms with Gasteiger partial charge in [0.05, 0.1) is 5.69 Å². The van der Waals surface area contributed by atoms with Crippen molar-refractivity contribution in [2.24, 2.45) is 0 Å². The first kappa shape index (κ1) is 12.3. The molecule has 0 saturated carbocycles. The van der Waals surface area contributed by atoms with Crippen LogP contribution in [0.3, 0.4) is 0 Å². The summed E-state index contributed by atoms with van der Waals surface area (Å²) in [5.74, 6) is 1.88. The van der Waals surface area contributed by atoms with Crippen molar-refractivity contribution < 1.29 is 0 Å². The fraction of sp³-hybridized carbons (Fsp3) is 0.312. The molecule has 0 fully saturated rings. The second-order valence-electron chi connectivity index (χ2n) is 5.56. The monoisotopic (exact) mass is 279 g/mol. The highest BCUT2D eigenvalue weighted by atomic mass is 15.3. The van der Waals surface area contributed by atoms with Gasteiger partial charge in [0.1, 0.15) is 12.1 Å². The van der Waals surface area contributed by atoms with Gasteiger partial charge in [-0.05, 0) is 24.8 Å². The van der Waals surface area contributed by atoms with E-state index in [0.29, 0.717) is 5.78 Å². The molecule has 1 aliphatic rings. The van der Waals surface area contributed by atoms with Gasteiger partial charge >= 0.3 is 0 Å². The van der Waals surface area contributed by atoms with Crippen LogP contribution in [-0.4, -0.2) is 26.6 Å². The molecule has 0 N–H and O–H groups in total. The number of benzene rings is 1. The maximum Gasteiger partial charge on any atom is 0.256 e. The fourth-order valence-corrected chi connectivity index (χ4v) is 3.16. The molecule has 0 spiro atoms. The molecular weight excluding hydrogens is 262 g/mol. The van der Waals surface area contributed by atoms with Crippen molar-refractivity contribution in [1.29, 1.82) is 0 Å². The van der Waals surface area contributed by atoms with Crippen molar-refractivity contribution >= 4 is 11.6 Å². The van der Waals surface area contributed by atoms with Crippen LogP contribution in [0.2, 0.25) is 0 Å². The van der Waals surface area contributed by atoms with Gasteiger partial charge in [-0.3, -0.25) is 4.40 Å². The molecule has 21 heavy (non-hydrogen) atoms. The van der Waals surface area contributed by atoms with Crippen molar-refractivity contribution in [2.75, 3.05) is 11.9 Å². The van der Waals surface area contributed by atoms with Gasteiger partial charge in [0.25, 0.3) is 5.78 Å². The lowest BCUT2D eigenvalue weighted by molar-refractivity contribution is 0.855. The summed E-state index contributed by atoms with van der Waals surface area (Å²) in [6.45, 7) is 0.866. The topological polar surface area (TPSA) is 46.3 Å². The number of rotatable bonds is 3. The molecule has 0 atom stereocenters. The molecule has 106 valence electrons. The number of aryl methyl sites for hydroxylation is 1. The Hall–Kier alpha value is -2.43. The maximum atomic E-state index is 4.63. The third kappa shape index (κ3) is 2.05. The average molecular weight is 279 g/mol. The number of hydrogen-bond acceptors (Lipinski definition) is 4. The van der Waals surface area contributed by atoms with Crippen LogP contribution in [0.5, 0.6) is 0 Å². The van der Waals surface area contributed by atoms with Crippen molar-refractivity contribution in [3.8, 4) is 0 Å². The standard InChI is InChI=1S/C16H17N5/c1-20(10-12-6-3-2-4-7-12)15-13-8-5-9-14(13)18-16-19-17-11-21(15)16/h2-4,6-7,11H,5,8-10H2,1H3. The molecule has 4 rings (SSSR count). The summed E-state index contributed by atoms with van der Waals surface area (Å²) >= 11 is 0. The second kappa shape index (κ2) is 4.84. The van der Waals surface area contributed by atoms with Crippen molar-refractivity contribution in [1.82, 2.24) is 19.6 Å². The summed E-state index contributed by atoms with van der Waals surface area (Å²) in [7, 11) is 2.13. The van der Waals surface area contributed by atoms with Crippen molar-refractivity contribution in [3.63, 3.8) is 0 Å². The number of anilines is 1. The van der Waals surface area contributed by atoms with Crippen molar-refractivity contribution in [3.05, 3.63) is 53.5 Å². The smallest absolute Gasteiger partial charge is 0.256 e. The van der Waals surface area contributed by atoms with E-state index in [-0.39, 0.29) is 0 Å². The Kier molecular flexibility index (Phi) is 2.84. The number of aromatic nitrogens is 4. The molecule has 2 aromatic heterocycles. The van der Waals surface area contributed by atoms with Crippen molar-refractivity contribution in [2.45, 2.75) is 25.8 Å². The zero-order chi connectivity index (χ0) is 14.2. The van der Waals surface area contributed by atoms with E-state index in [2.05, 4.69) is 51.4 Å². The van der Waals surface area contributed by atoms with Gasteiger partial charge in [-0.2, -0.15) is 0 Å². The lowest BCUT2D eigenvalue weighted by atomic mass is 10.2. The minimum Gasteiger partial charge on any atom is -0.356 e. The third-order valence-corrected chi connectivity index (χ3v) is 4.08. The Bertz CT molecular complexity index is 778. The number of nitrogens with zero attached hydrogens (tertiary/aromatic N) is 5. The highest BCUT2D eigenvalue weighted by Gasteiger charge is 2.22. The molecule has 1 aromatic carbocycles. The molecule has 0 bridgehead atoms. The summed E-state index contributed by atoms with van der Waals surface area (Å²) in [6.07, 6.45) is 5.07. The molecule has 0 unspecified atom stereocenters. The Morgan fingerprint density at radius 2 is 2.05 bits per heavy atom.